The summed E-state index contributed by atoms with van der Waals surface area (Å²) in [6.45, 7) is 3.96. The molecule has 0 spiro atoms. The molecule has 0 aliphatic heterocycles. The normalized spacial score (nSPS) is 11.2. The molecule has 3 aromatic rings. The van der Waals surface area contributed by atoms with E-state index in [1.165, 1.54) is 12.4 Å². The van der Waals surface area contributed by atoms with E-state index in [0.717, 1.165) is 28.2 Å². The van der Waals surface area contributed by atoms with Gasteiger partial charge >= 0.3 is 0 Å². The number of nitrogen functional groups attached to an aromatic ring is 1. The van der Waals surface area contributed by atoms with Gasteiger partial charge < -0.3 is 5.73 Å². The molecule has 2 N–H and O–H groups in total. The molecule has 3 rings (SSSR count). The van der Waals surface area contributed by atoms with E-state index in [2.05, 4.69) is 4.98 Å². The quantitative estimate of drug-likeness (QED) is 0.690. The Labute approximate surface area is 114 Å². The monoisotopic (exact) mass is 273 g/mol. The van der Waals surface area contributed by atoms with Crippen LogP contribution in [0.2, 0.25) is 0 Å². The average molecular weight is 273 g/mol. The van der Waals surface area contributed by atoms with Gasteiger partial charge in [-0.2, -0.15) is 0 Å². The van der Waals surface area contributed by atoms with Crippen molar-refractivity contribution in [3.8, 4) is 5.69 Å². The topological polar surface area (TPSA) is 43.8 Å². The minimum Gasteiger partial charge on any atom is -0.395 e. The van der Waals surface area contributed by atoms with E-state index in [1.54, 1.807) is 4.57 Å². The molecule has 0 aliphatic carbocycles. The molecule has 2 aromatic carbocycles. The molecule has 0 fully saturated rings. The van der Waals surface area contributed by atoms with Gasteiger partial charge in [0.15, 0.2) is 5.82 Å². The summed E-state index contributed by atoms with van der Waals surface area (Å²) in [4.78, 5) is 4.26. The predicted octanol–water partition coefficient (Wildman–Crippen LogP) is 3.50. The average Bonchev–Trinajstić information content (AvgIpc) is 2.77. The van der Waals surface area contributed by atoms with Crippen LogP contribution in [-0.4, -0.2) is 9.55 Å². The number of anilines is 1. The van der Waals surface area contributed by atoms with Crippen LogP contribution in [0.15, 0.2) is 30.6 Å². The van der Waals surface area contributed by atoms with Gasteiger partial charge in [-0.3, -0.25) is 4.57 Å². The lowest BCUT2D eigenvalue weighted by Gasteiger charge is -2.10. The Kier molecular flexibility index (Phi) is 2.71. The van der Waals surface area contributed by atoms with Crippen molar-refractivity contribution in [2.75, 3.05) is 5.73 Å². The largest absolute Gasteiger partial charge is 0.395 e. The molecule has 0 saturated heterocycles. The van der Waals surface area contributed by atoms with E-state index in [9.17, 15) is 8.78 Å². The van der Waals surface area contributed by atoms with E-state index in [4.69, 9.17) is 5.73 Å². The number of aryl methyl sites for hydroxylation is 2. The van der Waals surface area contributed by atoms with Gasteiger partial charge in [0.1, 0.15) is 12.1 Å². The van der Waals surface area contributed by atoms with E-state index in [0.29, 0.717) is 0 Å². The molecule has 1 aromatic heterocycles. The zero-order valence-corrected chi connectivity index (χ0v) is 11.1. The first-order valence-corrected chi connectivity index (χ1v) is 6.16. The van der Waals surface area contributed by atoms with Crippen molar-refractivity contribution in [1.29, 1.82) is 0 Å². The third-order valence-corrected chi connectivity index (χ3v) is 3.49. The minimum absolute atomic E-state index is 0.0936. The first-order valence-electron chi connectivity index (χ1n) is 6.16. The molecule has 0 saturated carbocycles. The van der Waals surface area contributed by atoms with Crippen LogP contribution in [0, 0.1) is 25.5 Å². The van der Waals surface area contributed by atoms with Gasteiger partial charge in [-0.15, -0.1) is 0 Å². The molecule has 0 bridgehead atoms. The van der Waals surface area contributed by atoms with Gasteiger partial charge in [0.25, 0.3) is 0 Å². The number of halogens is 2. The molecule has 1 heterocycles. The van der Waals surface area contributed by atoms with Crippen molar-refractivity contribution >= 4 is 16.7 Å². The Balaban J connectivity index is 2.33. The number of hydrogen-bond donors (Lipinski definition) is 1. The van der Waals surface area contributed by atoms with Crippen LogP contribution in [0.3, 0.4) is 0 Å². The highest BCUT2D eigenvalue weighted by atomic mass is 19.1. The maximum absolute atomic E-state index is 13.6. The van der Waals surface area contributed by atoms with Gasteiger partial charge in [0, 0.05) is 12.1 Å². The SMILES string of the molecule is Cc1cc2ncn(-c3cc(F)cc(F)c3N)c2cc1C. The van der Waals surface area contributed by atoms with Crippen LogP contribution in [0.25, 0.3) is 16.7 Å². The summed E-state index contributed by atoms with van der Waals surface area (Å²) in [5, 5.41) is 0. The van der Waals surface area contributed by atoms with Crippen molar-refractivity contribution in [2.24, 2.45) is 0 Å². The highest BCUT2D eigenvalue weighted by Gasteiger charge is 2.13. The molecular weight excluding hydrogens is 260 g/mol. The Morgan fingerprint density at radius 3 is 2.50 bits per heavy atom. The van der Waals surface area contributed by atoms with Crippen molar-refractivity contribution in [2.45, 2.75) is 13.8 Å². The Hall–Kier alpha value is -2.43. The minimum atomic E-state index is -0.773. The van der Waals surface area contributed by atoms with Gasteiger partial charge in [0.2, 0.25) is 0 Å². The number of benzene rings is 2. The van der Waals surface area contributed by atoms with Crippen molar-refractivity contribution in [1.82, 2.24) is 9.55 Å². The number of hydrogen-bond acceptors (Lipinski definition) is 2. The van der Waals surface area contributed by atoms with Crippen LogP contribution < -0.4 is 5.73 Å². The van der Waals surface area contributed by atoms with E-state index < -0.39 is 11.6 Å². The van der Waals surface area contributed by atoms with Gasteiger partial charge in [-0.05, 0) is 37.1 Å². The second-order valence-corrected chi connectivity index (χ2v) is 4.86. The van der Waals surface area contributed by atoms with E-state index in [1.807, 2.05) is 26.0 Å². The summed E-state index contributed by atoms with van der Waals surface area (Å²) in [5.41, 5.74) is 9.60. The lowest BCUT2D eigenvalue weighted by Crippen LogP contribution is -2.02. The lowest BCUT2D eigenvalue weighted by molar-refractivity contribution is 0.585. The number of fused-ring (bicyclic) bond motifs is 1. The number of rotatable bonds is 1. The van der Waals surface area contributed by atoms with Gasteiger partial charge in [-0.1, -0.05) is 0 Å². The highest BCUT2D eigenvalue weighted by Crippen LogP contribution is 2.27. The fourth-order valence-electron chi connectivity index (χ4n) is 2.23. The maximum atomic E-state index is 13.6. The Morgan fingerprint density at radius 2 is 1.75 bits per heavy atom. The molecule has 3 nitrogen and oxygen atoms in total. The summed E-state index contributed by atoms with van der Waals surface area (Å²) in [6.07, 6.45) is 1.52. The summed E-state index contributed by atoms with van der Waals surface area (Å²) in [7, 11) is 0. The summed E-state index contributed by atoms with van der Waals surface area (Å²) in [5.74, 6) is -1.44. The lowest BCUT2D eigenvalue weighted by atomic mass is 10.1. The number of nitrogens with zero attached hydrogens (tertiary/aromatic N) is 2. The van der Waals surface area contributed by atoms with Crippen molar-refractivity contribution < 1.29 is 8.78 Å². The predicted molar refractivity (Wildman–Crippen MR) is 74.9 cm³/mol. The fourth-order valence-corrected chi connectivity index (χ4v) is 2.23. The highest BCUT2D eigenvalue weighted by molar-refractivity contribution is 5.80. The zero-order valence-electron chi connectivity index (χ0n) is 11.1. The first kappa shape index (κ1) is 12.6. The molecule has 0 aliphatic rings. The smallest absolute Gasteiger partial charge is 0.151 e. The number of imidazole rings is 1. The summed E-state index contributed by atoms with van der Waals surface area (Å²) >= 11 is 0. The summed E-state index contributed by atoms with van der Waals surface area (Å²) in [6, 6.07) is 5.84. The molecule has 20 heavy (non-hydrogen) atoms. The van der Waals surface area contributed by atoms with Crippen LogP contribution in [0.5, 0.6) is 0 Å². The van der Waals surface area contributed by atoms with Crippen molar-refractivity contribution in [3.05, 3.63) is 53.4 Å². The van der Waals surface area contributed by atoms with E-state index >= 15 is 0 Å². The Bertz CT molecular complexity index is 822. The van der Waals surface area contributed by atoms with E-state index in [-0.39, 0.29) is 11.4 Å². The third-order valence-electron chi connectivity index (χ3n) is 3.49. The zero-order chi connectivity index (χ0) is 14.4. The number of nitrogens with two attached hydrogens (primary N) is 1. The second-order valence-electron chi connectivity index (χ2n) is 4.86. The summed E-state index contributed by atoms with van der Waals surface area (Å²) < 4.78 is 28.6. The van der Waals surface area contributed by atoms with Gasteiger partial charge in [0.05, 0.1) is 22.4 Å². The Morgan fingerprint density at radius 1 is 1.05 bits per heavy atom. The molecule has 0 amide bonds. The standard InChI is InChI=1S/C15H13F2N3/c1-8-3-12-13(4-9(8)2)20(7-19-12)14-6-10(16)5-11(17)15(14)18/h3-7H,18H2,1-2H3. The molecule has 0 unspecified atom stereocenters. The molecular formula is C15H13F2N3. The molecule has 0 radical (unpaired) electrons. The fraction of sp³-hybridized carbons (Fsp3) is 0.133. The van der Waals surface area contributed by atoms with Crippen LogP contribution in [-0.2, 0) is 0 Å². The van der Waals surface area contributed by atoms with Crippen LogP contribution in [0.4, 0.5) is 14.5 Å². The van der Waals surface area contributed by atoms with Crippen molar-refractivity contribution in [3.63, 3.8) is 0 Å². The first-order chi connectivity index (χ1) is 9.47. The van der Waals surface area contributed by atoms with Crippen LogP contribution in [0.1, 0.15) is 11.1 Å². The molecule has 102 valence electrons. The van der Waals surface area contributed by atoms with Crippen LogP contribution >= 0.6 is 0 Å². The molecule has 0 atom stereocenters. The third kappa shape index (κ3) is 1.82. The maximum Gasteiger partial charge on any atom is 0.151 e. The second kappa shape index (κ2) is 4.30. The molecule has 5 heteroatoms. The number of aromatic nitrogens is 2. The van der Waals surface area contributed by atoms with Gasteiger partial charge in [-0.25, -0.2) is 13.8 Å².